The molecule has 0 saturated carbocycles. The van der Waals surface area contributed by atoms with Crippen LogP contribution < -0.4 is 15.5 Å². The molecule has 1 N–H and O–H groups in total. The van der Waals surface area contributed by atoms with Gasteiger partial charge in [-0.3, -0.25) is 4.79 Å². The molecule has 0 radical (unpaired) electrons. The molecule has 0 unspecified atom stereocenters. The number of likely N-dealkylation sites (N-methyl/N-ethyl adjacent to an activating group) is 1. The molecule has 1 heterocycles. The van der Waals surface area contributed by atoms with Gasteiger partial charge in [-0.1, -0.05) is 12.1 Å². The van der Waals surface area contributed by atoms with Gasteiger partial charge < -0.3 is 30.0 Å². The van der Waals surface area contributed by atoms with Crippen molar-refractivity contribution in [3.8, 4) is 0 Å². The summed E-state index contributed by atoms with van der Waals surface area (Å²) in [5, 5.41) is 24.5. The number of carbonyl (C=O) groups is 3. The molecule has 1 aliphatic heterocycles. The van der Waals surface area contributed by atoms with E-state index < -0.39 is 17.5 Å². The number of aliphatic carboxylic acids is 2. The smallest absolute Gasteiger partial charge is 0.256 e. The number of nitrogens with zero attached hydrogens (tertiary/aromatic N) is 1. The molecule has 0 bridgehead atoms. The standard InChI is InChI=1S/C13H12N2O5/c1-15-6-9(10(12(17)18)13(19)20)14-8-5-3-2-4-7(8)11(15)16/h2-5,14H,6H2,1H3,(H,17,18)(H,19,20)/p-2. The molecule has 0 saturated heterocycles. The number of para-hydroxylation sites is 1. The van der Waals surface area contributed by atoms with Gasteiger partial charge in [0.15, 0.2) is 0 Å². The van der Waals surface area contributed by atoms with E-state index in [1.54, 1.807) is 24.3 Å². The third-order valence-electron chi connectivity index (χ3n) is 2.90. The van der Waals surface area contributed by atoms with Gasteiger partial charge in [0.1, 0.15) is 0 Å². The monoisotopic (exact) mass is 274 g/mol. The molecule has 0 aliphatic carbocycles. The van der Waals surface area contributed by atoms with Gasteiger partial charge in [-0.2, -0.15) is 0 Å². The Labute approximate surface area is 114 Å². The summed E-state index contributed by atoms with van der Waals surface area (Å²) in [6, 6.07) is 6.40. The van der Waals surface area contributed by atoms with E-state index in [0.29, 0.717) is 11.3 Å². The van der Waals surface area contributed by atoms with Gasteiger partial charge in [0.05, 0.1) is 29.7 Å². The number of carboxylic acids is 2. The summed E-state index contributed by atoms with van der Waals surface area (Å²) in [6.45, 7) is -0.204. The van der Waals surface area contributed by atoms with Crippen molar-refractivity contribution in [3.05, 3.63) is 41.1 Å². The van der Waals surface area contributed by atoms with Crippen LogP contribution in [0.3, 0.4) is 0 Å². The Morgan fingerprint density at radius 2 is 1.80 bits per heavy atom. The molecular weight excluding hydrogens is 264 g/mol. The normalized spacial score (nSPS) is 14.2. The number of carboxylic acid groups (broad SMARTS) is 2. The van der Waals surface area contributed by atoms with Gasteiger partial charge in [0, 0.05) is 18.3 Å². The number of amides is 1. The van der Waals surface area contributed by atoms with Crippen LogP contribution in [0.2, 0.25) is 0 Å². The molecule has 7 nitrogen and oxygen atoms in total. The van der Waals surface area contributed by atoms with Gasteiger partial charge >= 0.3 is 0 Å². The highest BCUT2D eigenvalue weighted by molar-refractivity contribution is 6.12. The zero-order valence-electron chi connectivity index (χ0n) is 10.5. The maximum absolute atomic E-state index is 12.1. The molecule has 1 aliphatic rings. The number of nitrogens with one attached hydrogen (secondary N) is 1. The van der Waals surface area contributed by atoms with Crippen molar-refractivity contribution in [2.24, 2.45) is 0 Å². The summed E-state index contributed by atoms with van der Waals surface area (Å²) in [4.78, 5) is 35.1. The molecule has 20 heavy (non-hydrogen) atoms. The van der Waals surface area contributed by atoms with Crippen LogP contribution in [0.15, 0.2) is 35.5 Å². The zero-order chi connectivity index (χ0) is 14.9. The predicted octanol–water partition coefficient (Wildman–Crippen LogP) is -2.06. The molecular formula is C13H10N2O5-2. The Balaban J connectivity index is 2.61. The Bertz CT molecular complexity index is 619. The number of carbonyl (C=O) groups excluding carboxylic acids is 3. The Hall–Kier alpha value is -2.83. The zero-order valence-corrected chi connectivity index (χ0v) is 10.5. The lowest BCUT2D eigenvalue weighted by Gasteiger charge is -2.20. The highest BCUT2D eigenvalue weighted by atomic mass is 16.4. The van der Waals surface area contributed by atoms with Crippen molar-refractivity contribution < 1.29 is 24.6 Å². The molecule has 0 fully saturated rings. The second-order valence-corrected chi connectivity index (χ2v) is 4.26. The molecule has 104 valence electrons. The van der Waals surface area contributed by atoms with Gasteiger partial charge in [0.25, 0.3) is 5.91 Å². The molecule has 0 spiro atoms. The predicted molar refractivity (Wildman–Crippen MR) is 64.1 cm³/mol. The quantitative estimate of drug-likeness (QED) is 0.377. The maximum atomic E-state index is 12.1. The fraction of sp³-hybridized carbons (Fsp3) is 0.154. The minimum atomic E-state index is -1.87. The summed E-state index contributed by atoms with van der Waals surface area (Å²) in [7, 11) is 1.44. The lowest BCUT2D eigenvalue weighted by atomic mass is 10.1. The van der Waals surface area contributed by atoms with E-state index in [4.69, 9.17) is 0 Å². The van der Waals surface area contributed by atoms with Gasteiger partial charge in [-0.05, 0) is 12.1 Å². The number of hydrogen-bond donors (Lipinski definition) is 1. The molecule has 7 heteroatoms. The van der Waals surface area contributed by atoms with Crippen molar-refractivity contribution in [3.63, 3.8) is 0 Å². The summed E-state index contributed by atoms with van der Waals surface area (Å²) in [5.74, 6) is -4.08. The van der Waals surface area contributed by atoms with Crippen molar-refractivity contribution in [2.45, 2.75) is 0 Å². The van der Waals surface area contributed by atoms with E-state index in [-0.39, 0.29) is 18.1 Å². The van der Waals surface area contributed by atoms with Crippen molar-refractivity contribution in [1.29, 1.82) is 0 Å². The van der Waals surface area contributed by atoms with E-state index in [0.717, 1.165) is 0 Å². The Morgan fingerprint density at radius 1 is 1.20 bits per heavy atom. The molecule has 0 atom stereocenters. The van der Waals surface area contributed by atoms with Crippen LogP contribution >= 0.6 is 0 Å². The summed E-state index contributed by atoms with van der Waals surface area (Å²) in [5.41, 5.74) is -0.509. The maximum Gasteiger partial charge on any atom is 0.256 e. The van der Waals surface area contributed by atoms with Crippen LogP contribution in [0.4, 0.5) is 5.69 Å². The number of hydrogen-bond acceptors (Lipinski definition) is 6. The van der Waals surface area contributed by atoms with E-state index >= 15 is 0 Å². The first-order valence-corrected chi connectivity index (χ1v) is 5.69. The van der Waals surface area contributed by atoms with E-state index in [2.05, 4.69) is 5.32 Å². The lowest BCUT2D eigenvalue weighted by molar-refractivity contribution is -0.312. The minimum Gasteiger partial charge on any atom is -0.545 e. The Morgan fingerprint density at radius 3 is 2.40 bits per heavy atom. The number of anilines is 1. The SMILES string of the molecule is CN1CC(=C(C(=O)[O-])C(=O)[O-])Nc2ccccc2C1=O. The highest BCUT2D eigenvalue weighted by Crippen LogP contribution is 2.23. The lowest BCUT2D eigenvalue weighted by Crippen LogP contribution is -2.39. The number of rotatable bonds is 2. The topological polar surface area (TPSA) is 113 Å². The fourth-order valence-corrected chi connectivity index (χ4v) is 1.97. The van der Waals surface area contributed by atoms with Crippen LogP contribution in [-0.4, -0.2) is 36.3 Å². The third-order valence-corrected chi connectivity index (χ3v) is 2.90. The van der Waals surface area contributed by atoms with Crippen LogP contribution in [0.25, 0.3) is 0 Å². The average Bonchev–Trinajstić information content (AvgIpc) is 2.48. The van der Waals surface area contributed by atoms with E-state index in [9.17, 15) is 24.6 Å². The Kier molecular flexibility index (Phi) is 3.43. The third kappa shape index (κ3) is 2.33. The van der Waals surface area contributed by atoms with Crippen LogP contribution in [-0.2, 0) is 9.59 Å². The molecule has 2 rings (SSSR count). The molecule has 1 amide bonds. The van der Waals surface area contributed by atoms with Gasteiger partial charge in [-0.25, -0.2) is 0 Å². The summed E-state index contributed by atoms with van der Waals surface area (Å²) < 4.78 is 0. The van der Waals surface area contributed by atoms with Crippen molar-refractivity contribution in [1.82, 2.24) is 4.90 Å². The number of fused-ring (bicyclic) bond motifs is 1. The van der Waals surface area contributed by atoms with Crippen LogP contribution in [0, 0.1) is 0 Å². The van der Waals surface area contributed by atoms with E-state index in [1.165, 1.54) is 11.9 Å². The van der Waals surface area contributed by atoms with Crippen molar-refractivity contribution >= 4 is 23.5 Å². The fourth-order valence-electron chi connectivity index (χ4n) is 1.97. The van der Waals surface area contributed by atoms with Gasteiger partial charge in [-0.15, -0.1) is 0 Å². The summed E-state index contributed by atoms with van der Waals surface area (Å²) >= 11 is 0. The second-order valence-electron chi connectivity index (χ2n) is 4.26. The second kappa shape index (κ2) is 5.04. The van der Waals surface area contributed by atoms with Gasteiger partial charge in [0.2, 0.25) is 0 Å². The van der Waals surface area contributed by atoms with Crippen LogP contribution in [0.5, 0.6) is 0 Å². The number of benzene rings is 1. The molecule has 0 aromatic heterocycles. The average molecular weight is 274 g/mol. The van der Waals surface area contributed by atoms with Crippen LogP contribution in [0.1, 0.15) is 10.4 Å². The van der Waals surface area contributed by atoms with Crippen molar-refractivity contribution in [2.75, 3.05) is 18.9 Å². The minimum absolute atomic E-state index is 0.161. The molecule has 1 aromatic rings. The first kappa shape index (κ1) is 13.6. The summed E-state index contributed by atoms with van der Waals surface area (Å²) in [6.07, 6.45) is 0. The van der Waals surface area contributed by atoms with E-state index in [1.807, 2.05) is 0 Å². The molecule has 1 aromatic carbocycles. The first-order chi connectivity index (χ1) is 9.41. The first-order valence-electron chi connectivity index (χ1n) is 5.69. The largest absolute Gasteiger partial charge is 0.545 e. The highest BCUT2D eigenvalue weighted by Gasteiger charge is 2.23.